The molecule has 20 heavy (non-hydrogen) atoms. The van der Waals surface area contributed by atoms with Crippen molar-refractivity contribution in [3.05, 3.63) is 33.9 Å². The van der Waals surface area contributed by atoms with Crippen LogP contribution in [0.3, 0.4) is 0 Å². The number of aliphatic carboxylic acids is 1. The standard InChI is InChI=1S/C12H13NO6S/c1-7(12(14)15)20-11(5-13(16)17)8-2-3-9-10(4-8)19-6-18-9/h2-4,7,11H,5-6H2,1H3,(H,14,15). The number of hydrogen-bond acceptors (Lipinski definition) is 6. The number of carboxylic acid groups (broad SMARTS) is 1. The molecular weight excluding hydrogens is 286 g/mol. The lowest BCUT2D eigenvalue weighted by molar-refractivity contribution is -0.479. The number of rotatable bonds is 6. The first-order valence-corrected chi connectivity index (χ1v) is 6.81. The summed E-state index contributed by atoms with van der Waals surface area (Å²) in [6.45, 7) is 1.28. The fourth-order valence-corrected chi connectivity index (χ4v) is 2.90. The molecule has 8 heteroatoms. The van der Waals surface area contributed by atoms with Gasteiger partial charge in [-0.1, -0.05) is 6.07 Å². The van der Waals surface area contributed by atoms with Gasteiger partial charge in [-0.3, -0.25) is 14.9 Å². The number of ether oxygens (including phenoxy) is 2. The largest absolute Gasteiger partial charge is 0.480 e. The molecule has 0 spiro atoms. The Kier molecular flexibility index (Phi) is 4.33. The first kappa shape index (κ1) is 14.4. The van der Waals surface area contributed by atoms with Crippen molar-refractivity contribution in [3.63, 3.8) is 0 Å². The van der Waals surface area contributed by atoms with Crippen molar-refractivity contribution < 1.29 is 24.3 Å². The molecule has 0 bridgehead atoms. The molecule has 0 saturated heterocycles. The number of thioether (sulfide) groups is 1. The zero-order valence-electron chi connectivity index (χ0n) is 10.6. The van der Waals surface area contributed by atoms with E-state index < -0.39 is 21.4 Å². The molecular formula is C12H13NO6S. The number of carboxylic acids is 1. The molecule has 1 heterocycles. The summed E-state index contributed by atoms with van der Waals surface area (Å²) in [5, 5.41) is 18.4. The monoisotopic (exact) mass is 299 g/mol. The highest BCUT2D eigenvalue weighted by Crippen LogP contribution is 2.39. The number of nitro groups is 1. The van der Waals surface area contributed by atoms with Crippen LogP contribution in [-0.4, -0.2) is 34.6 Å². The lowest BCUT2D eigenvalue weighted by Crippen LogP contribution is -2.18. The molecule has 7 nitrogen and oxygen atoms in total. The molecule has 0 radical (unpaired) electrons. The second-order valence-corrected chi connectivity index (χ2v) is 5.78. The quantitative estimate of drug-likeness (QED) is 0.633. The fraction of sp³-hybridized carbons (Fsp3) is 0.417. The average Bonchev–Trinajstić information content (AvgIpc) is 2.84. The van der Waals surface area contributed by atoms with Crippen LogP contribution in [0, 0.1) is 10.1 Å². The molecule has 1 N–H and O–H groups in total. The van der Waals surface area contributed by atoms with Gasteiger partial charge in [-0.05, 0) is 24.6 Å². The third-order valence-corrected chi connectivity index (χ3v) is 4.16. The van der Waals surface area contributed by atoms with Gasteiger partial charge >= 0.3 is 5.97 Å². The van der Waals surface area contributed by atoms with Gasteiger partial charge in [-0.2, -0.15) is 0 Å². The van der Waals surface area contributed by atoms with Gasteiger partial charge in [0.05, 0.1) is 5.25 Å². The normalized spacial score (nSPS) is 15.7. The van der Waals surface area contributed by atoms with E-state index in [2.05, 4.69) is 0 Å². The van der Waals surface area contributed by atoms with Crippen molar-refractivity contribution in [2.24, 2.45) is 0 Å². The van der Waals surface area contributed by atoms with Gasteiger partial charge in [0.25, 0.3) is 0 Å². The molecule has 0 aliphatic carbocycles. The molecule has 0 aromatic heterocycles. The third-order valence-electron chi connectivity index (χ3n) is 2.80. The van der Waals surface area contributed by atoms with Crippen LogP contribution < -0.4 is 9.47 Å². The first-order valence-electron chi connectivity index (χ1n) is 5.87. The van der Waals surface area contributed by atoms with Gasteiger partial charge in [-0.15, -0.1) is 11.8 Å². The summed E-state index contributed by atoms with van der Waals surface area (Å²) < 4.78 is 10.4. The van der Waals surface area contributed by atoms with E-state index in [0.717, 1.165) is 11.8 Å². The highest BCUT2D eigenvalue weighted by atomic mass is 32.2. The Morgan fingerprint density at radius 1 is 1.50 bits per heavy atom. The summed E-state index contributed by atoms with van der Waals surface area (Å²) in [5.74, 6) is 0.119. The van der Waals surface area contributed by atoms with E-state index in [1.807, 2.05) is 0 Å². The van der Waals surface area contributed by atoms with Gasteiger partial charge in [0.15, 0.2) is 11.5 Å². The predicted octanol–water partition coefficient (Wildman–Crippen LogP) is 1.94. The maximum atomic E-state index is 10.9. The molecule has 0 saturated carbocycles. The minimum absolute atomic E-state index is 0.122. The Labute approximate surface area is 119 Å². The molecule has 1 aliphatic heterocycles. The predicted molar refractivity (Wildman–Crippen MR) is 71.9 cm³/mol. The molecule has 0 amide bonds. The molecule has 2 atom stereocenters. The summed E-state index contributed by atoms with van der Waals surface area (Å²) >= 11 is 1.04. The zero-order valence-corrected chi connectivity index (χ0v) is 11.5. The van der Waals surface area contributed by atoms with Crippen LogP contribution in [0.25, 0.3) is 0 Å². The SMILES string of the molecule is CC(SC(C[N+](=O)[O-])c1ccc2c(c1)OCO2)C(=O)O. The second-order valence-electron chi connectivity index (χ2n) is 4.23. The smallest absolute Gasteiger partial charge is 0.316 e. The number of fused-ring (bicyclic) bond motifs is 1. The summed E-state index contributed by atoms with van der Waals surface area (Å²) in [5.41, 5.74) is 0.657. The topological polar surface area (TPSA) is 98.9 Å². The summed E-state index contributed by atoms with van der Waals surface area (Å²) in [4.78, 5) is 21.2. The summed E-state index contributed by atoms with van der Waals surface area (Å²) in [6, 6.07) is 5.04. The number of carbonyl (C=O) groups is 1. The maximum absolute atomic E-state index is 10.9. The van der Waals surface area contributed by atoms with Crippen molar-refractivity contribution in [3.8, 4) is 11.5 Å². The summed E-state index contributed by atoms with van der Waals surface area (Å²) in [7, 11) is 0. The molecule has 1 aliphatic rings. The zero-order chi connectivity index (χ0) is 14.7. The minimum atomic E-state index is -0.996. The van der Waals surface area contributed by atoms with Crippen LogP contribution in [-0.2, 0) is 4.79 Å². The van der Waals surface area contributed by atoms with E-state index in [0.29, 0.717) is 17.1 Å². The Morgan fingerprint density at radius 2 is 2.20 bits per heavy atom. The number of nitrogens with zero attached hydrogens (tertiary/aromatic N) is 1. The van der Waals surface area contributed by atoms with Crippen LogP contribution >= 0.6 is 11.8 Å². The molecule has 1 aromatic rings. The van der Waals surface area contributed by atoms with Crippen molar-refractivity contribution in [2.75, 3.05) is 13.3 Å². The van der Waals surface area contributed by atoms with Crippen LogP contribution in [0.5, 0.6) is 11.5 Å². The van der Waals surface area contributed by atoms with E-state index in [1.165, 1.54) is 6.92 Å². The van der Waals surface area contributed by atoms with E-state index in [1.54, 1.807) is 18.2 Å². The lowest BCUT2D eigenvalue weighted by atomic mass is 10.1. The molecule has 108 valence electrons. The van der Waals surface area contributed by atoms with Crippen LogP contribution in [0.2, 0.25) is 0 Å². The highest BCUT2D eigenvalue weighted by molar-refractivity contribution is 8.00. The molecule has 0 fully saturated rings. The van der Waals surface area contributed by atoms with Crippen molar-refractivity contribution in [1.82, 2.24) is 0 Å². The van der Waals surface area contributed by atoms with Crippen LogP contribution in [0.4, 0.5) is 0 Å². The van der Waals surface area contributed by atoms with Gasteiger partial charge < -0.3 is 14.6 Å². The number of hydrogen-bond donors (Lipinski definition) is 1. The van der Waals surface area contributed by atoms with Crippen molar-refractivity contribution >= 4 is 17.7 Å². The van der Waals surface area contributed by atoms with Gasteiger partial charge in [-0.25, -0.2) is 0 Å². The Bertz CT molecular complexity index is 535. The van der Waals surface area contributed by atoms with E-state index in [4.69, 9.17) is 14.6 Å². The van der Waals surface area contributed by atoms with Crippen molar-refractivity contribution in [1.29, 1.82) is 0 Å². The Morgan fingerprint density at radius 3 is 2.85 bits per heavy atom. The Balaban J connectivity index is 2.21. The van der Waals surface area contributed by atoms with Crippen LogP contribution in [0.15, 0.2) is 18.2 Å². The molecule has 2 unspecified atom stereocenters. The third kappa shape index (κ3) is 3.32. The lowest BCUT2D eigenvalue weighted by Gasteiger charge is -2.16. The number of benzene rings is 1. The average molecular weight is 299 g/mol. The highest BCUT2D eigenvalue weighted by Gasteiger charge is 2.26. The minimum Gasteiger partial charge on any atom is -0.480 e. The van der Waals surface area contributed by atoms with Crippen molar-refractivity contribution in [2.45, 2.75) is 17.4 Å². The first-order chi connectivity index (χ1) is 9.47. The van der Waals surface area contributed by atoms with Crippen LogP contribution in [0.1, 0.15) is 17.7 Å². The second kappa shape index (κ2) is 6.00. The summed E-state index contributed by atoms with van der Waals surface area (Å²) in [6.07, 6.45) is 0. The van der Waals surface area contributed by atoms with Gasteiger partial charge in [0.1, 0.15) is 5.25 Å². The fourth-order valence-electron chi connectivity index (χ4n) is 1.78. The van der Waals surface area contributed by atoms with Gasteiger partial charge in [0, 0.05) is 4.92 Å². The molecule has 2 rings (SSSR count). The van der Waals surface area contributed by atoms with E-state index >= 15 is 0 Å². The van der Waals surface area contributed by atoms with Gasteiger partial charge in [0.2, 0.25) is 13.3 Å². The molecule has 1 aromatic carbocycles. The maximum Gasteiger partial charge on any atom is 0.316 e. The van der Waals surface area contributed by atoms with E-state index in [-0.39, 0.29) is 13.3 Å². The van der Waals surface area contributed by atoms with E-state index in [9.17, 15) is 14.9 Å². The Hall–Kier alpha value is -1.96.